The lowest BCUT2D eigenvalue weighted by Gasteiger charge is -2.23. The van der Waals surface area contributed by atoms with Crippen LogP contribution in [0, 0.1) is 0 Å². The summed E-state index contributed by atoms with van der Waals surface area (Å²) in [5.41, 5.74) is 9.09. The molecule has 2 aromatic carbocycles. The molecule has 27 heavy (non-hydrogen) atoms. The molecule has 0 saturated carbocycles. The predicted molar refractivity (Wildman–Crippen MR) is 108 cm³/mol. The van der Waals surface area contributed by atoms with Gasteiger partial charge in [-0.1, -0.05) is 54.6 Å². The number of ether oxygens (including phenoxy) is 1. The first-order valence-corrected chi connectivity index (χ1v) is 8.96. The summed E-state index contributed by atoms with van der Waals surface area (Å²) in [6, 6.07) is 17.7. The summed E-state index contributed by atoms with van der Waals surface area (Å²) < 4.78 is 5.14. The van der Waals surface area contributed by atoms with Crippen molar-refractivity contribution in [1.82, 2.24) is 5.43 Å². The second-order valence-corrected chi connectivity index (χ2v) is 6.18. The number of hydrazine groups is 1. The molecule has 0 atom stereocenters. The van der Waals surface area contributed by atoms with Gasteiger partial charge in [0.2, 0.25) is 0 Å². The number of nitrogens with one attached hydrogen (secondary N) is 1. The highest BCUT2D eigenvalue weighted by Crippen LogP contribution is 2.36. The lowest BCUT2D eigenvalue weighted by molar-refractivity contribution is 0.0526. The third kappa shape index (κ3) is 3.29. The Labute approximate surface area is 158 Å². The molecular formula is C23H20N2O2. The number of carbonyl (C=O) groups excluding carboxylic acids is 1. The number of rotatable bonds is 4. The molecular weight excluding hydrogens is 336 g/mol. The number of esters is 1. The first-order valence-electron chi connectivity index (χ1n) is 8.96. The number of benzene rings is 2. The first-order chi connectivity index (χ1) is 13.3. The Morgan fingerprint density at radius 3 is 2.56 bits per heavy atom. The molecule has 4 heteroatoms. The van der Waals surface area contributed by atoms with Crippen LogP contribution in [0.15, 0.2) is 96.4 Å². The molecule has 0 bridgehead atoms. The average molecular weight is 356 g/mol. The number of hydrogen-bond donors (Lipinski definition) is 1. The van der Waals surface area contributed by atoms with Crippen LogP contribution in [-0.4, -0.2) is 12.6 Å². The van der Waals surface area contributed by atoms with Gasteiger partial charge in [0.25, 0.3) is 0 Å². The van der Waals surface area contributed by atoms with Crippen LogP contribution in [0.5, 0.6) is 0 Å². The van der Waals surface area contributed by atoms with Crippen LogP contribution in [-0.2, 0) is 4.74 Å². The van der Waals surface area contributed by atoms with Gasteiger partial charge in [0.1, 0.15) is 0 Å². The third-order valence-electron chi connectivity index (χ3n) is 4.45. The van der Waals surface area contributed by atoms with Crippen LogP contribution < -0.4 is 10.4 Å². The molecule has 0 radical (unpaired) electrons. The summed E-state index contributed by atoms with van der Waals surface area (Å²) >= 11 is 0. The maximum absolute atomic E-state index is 12.1. The first kappa shape index (κ1) is 16.9. The van der Waals surface area contributed by atoms with E-state index >= 15 is 0 Å². The zero-order chi connectivity index (χ0) is 18.6. The molecule has 0 fully saturated rings. The molecule has 1 aliphatic heterocycles. The quantitative estimate of drug-likeness (QED) is 0.813. The Morgan fingerprint density at radius 2 is 1.81 bits per heavy atom. The maximum Gasteiger partial charge on any atom is 0.338 e. The number of para-hydroxylation sites is 1. The zero-order valence-electron chi connectivity index (χ0n) is 15.1. The molecule has 1 heterocycles. The molecule has 0 aromatic heterocycles. The lowest BCUT2D eigenvalue weighted by atomic mass is 9.98. The largest absolute Gasteiger partial charge is 0.462 e. The van der Waals surface area contributed by atoms with E-state index in [9.17, 15) is 4.79 Å². The van der Waals surface area contributed by atoms with E-state index in [0.29, 0.717) is 12.2 Å². The van der Waals surface area contributed by atoms with Gasteiger partial charge in [0, 0.05) is 17.3 Å². The third-order valence-corrected chi connectivity index (χ3v) is 4.45. The summed E-state index contributed by atoms with van der Waals surface area (Å²) in [5, 5.41) is 2.06. The molecule has 0 spiro atoms. The molecule has 134 valence electrons. The topological polar surface area (TPSA) is 41.6 Å². The van der Waals surface area contributed by atoms with Crippen LogP contribution in [0.1, 0.15) is 22.8 Å². The normalized spacial score (nSPS) is 15.1. The van der Waals surface area contributed by atoms with E-state index in [4.69, 9.17) is 4.74 Å². The lowest BCUT2D eigenvalue weighted by Crippen LogP contribution is -2.29. The van der Waals surface area contributed by atoms with Crippen molar-refractivity contribution < 1.29 is 9.53 Å². The second kappa shape index (κ2) is 7.38. The van der Waals surface area contributed by atoms with E-state index in [1.54, 1.807) is 6.07 Å². The molecule has 0 unspecified atom stereocenters. The predicted octanol–water partition coefficient (Wildman–Crippen LogP) is 4.61. The Hall–Kier alpha value is -3.53. The van der Waals surface area contributed by atoms with Gasteiger partial charge in [-0.3, -0.25) is 5.01 Å². The number of nitrogens with zero attached hydrogens (tertiary/aromatic N) is 1. The number of anilines is 1. The number of carbonyl (C=O) groups is 1. The summed E-state index contributed by atoms with van der Waals surface area (Å²) in [7, 11) is 0. The van der Waals surface area contributed by atoms with Gasteiger partial charge in [-0.05, 0) is 36.8 Å². The monoisotopic (exact) mass is 356 g/mol. The Kier molecular flexibility index (Phi) is 4.62. The minimum absolute atomic E-state index is 0.305. The van der Waals surface area contributed by atoms with E-state index in [2.05, 4.69) is 34.7 Å². The van der Waals surface area contributed by atoms with Crippen LogP contribution in [0.25, 0.3) is 5.57 Å². The van der Waals surface area contributed by atoms with E-state index in [1.807, 2.05) is 61.7 Å². The van der Waals surface area contributed by atoms with E-state index in [0.717, 1.165) is 28.1 Å². The van der Waals surface area contributed by atoms with Gasteiger partial charge in [0.15, 0.2) is 0 Å². The molecule has 1 N–H and O–H groups in total. The van der Waals surface area contributed by atoms with Gasteiger partial charge in [-0.15, -0.1) is 0 Å². The molecule has 2 aliphatic rings. The molecule has 4 nitrogen and oxygen atoms in total. The summed E-state index contributed by atoms with van der Waals surface area (Å²) in [5.74, 6) is -0.305. The maximum atomic E-state index is 12.1. The molecule has 2 aromatic rings. The molecule has 0 saturated heterocycles. The minimum Gasteiger partial charge on any atom is -0.462 e. The fourth-order valence-electron chi connectivity index (χ4n) is 3.23. The number of allylic oxidation sites excluding steroid dienone is 6. The summed E-state index contributed by atoms with van der Waals surface area (Å²) in [4.78, 5) is 12.1. The Bertz CT molecular complexity index is 970. The van der Waals surface area contributed by atoms with E-state index < -0.39 is 0 Å². The standard InChI is InChI=1S/C23H20N2O2/c1-2-27-23(26)19-12-8-11-18(15-19)21-16-24-25(20-13-4-3-5-14-20)22(21)17-9-6-7-10-17/h3-16,24H,2H2,1H3. The smallest absolute Gasteiger partial charge is 0.338 e. The van der Waals surface area contributed by atoms with Crippen molar-refractivity contribution in [3.63, 3.8) is 0 Å². The van der Waals surface area contributed by atoms with Crippen molar-refractivity contribution in [2.24, 2.45) is 0 Å². The molecule has 1 aliphatic carbocycles. The minimum atomic E-state index is -0.305. The van der Waals surface area contributed by atoms with Gasteiger partial charge in [0.05, 0.1) is 23.6 Å². The van der Waals surface area contributed by atoms with Crippen molar-refractivity contribution in [3.8, 4) is 0 Å². The van der Waals surface area contributed by atoms with Crippen LogP contribution in [0.3, 0.4) is 0 Å². The fraction of sp³-hybridized carbons (Fsp3) is 0.0870. The highest BCUT2D eigenvalue weighted by atomic mass is 16.5. The van der Waals surface area contributed by atoms with Crippen LogP contribution in [0.2, 0.25) is 0 Å². The van der Waals surface area contributed by atoms with Crippen LogP contribution in [0.4, 0.5) is 5.69 Å². The van der Waals surface area contributed by atoms with Crippen molar-refractivity contribution in [2.45, 2.75) is 6.92 Å². The van der Waals surface area contributed by atoms with E-state index in [1.165, 1.54) is 0 Å². The Balaban J connectivity index is 1.76. The fourth-order valence-corrected chi connectivity index (χ4v) is 3.23. The van der Waals surface area contributed by atoms with Crippen molar-refractivity contribution >= 4 is 17.2 Å². The van der Waals surface area contributed by atoms with Crippen molar-refractivity contribution in [1.29, 1.82) is 0 Å². The van der Waals surface area contributed by atoms with E-state index in [-0.39, 0.29) is 5.97 Å². The van der Waals surface area contributed by atoms with Crippen molar-refractivity contribution in [3.05, 3.63) is 107 Å². The summed E-state index contributed by atoms with van der Waals surface area (Å²) in [6.07, 6.45) is 10.2. The van der Waals surface area contributed by atoms with Gasteiger partial charge >= 0.3 is 5.97 Å². The number of hydrogen-bond acceptors (Lipinski definition) is 4. The Morgan fingerprint density at radius 1 is 1.04 bits per heavy atom. The SMILES string of the molecule is CCOC(=O)c1cccc(C2=CNN(c3ccccc3)C2=C2C=CC=C2)c1. The molecule has 0 amide bonds. The van der Waals surface area contributed by atoms with Crippen LogP contribution >= 0.6 is 0 Å². The highest BCUT2D eigenvalue weighted by Gasteiger charge is 2.26. The molecule has 4 rings (SSSR count). The van der Waals surface area contributed by atoms with Gasteiger partial charge < -0.3 is 10.2 Å². The zero-order valence-corrected chi connectivity index (χ0v) is 15.1. The second-order valence-electron chi connectivity index (χ2n) is 6.18. The highest BCUT2D eigenvalue weighted by molar-refractivity contribution is 5.93. The van der Waals surface area contributed by atoms with Crippen molar-refractivity contribution in [2.75, 3.05) is 11.6 Å². The average Bonchev–Trinajstić information content (AvgIpc) is 3.38. The van der Waals surface area contributed by atoms with Gasteiger partial charge in [-0.2, -0.15) is 0 Å². The van der Waals surface area contributed by atoms with Gasteiger partial charge in [-0.25, -0.2) is 4.79 Å². The summed E-state index contributed by atoms with van der Waals surface area (Å²) in [6.45, 7) is 2.17.